The van der Waals surface area contributed by atoms with Gasteiger partial charge in [-0.05, 0) is 38.6 Å². The second-order valence-electron chi connectivity index (χ2n) is 2.76. The molecule has 12 heavy (non-hydrogen) atoms. The molecule has 0 atom stereocenters. The van der Waals surface area contributed by atoms with Crippen LogP contribution in [0.1, 0.15) is 11.3 Å². The highest BCUT2D eigenvalue weighted by Crippen LogP contribution is 2.13. The maximum atomic E-state index is 5.91. The maximum Gasteiger partial charge on any atom is 0.0621 e. The Hall–Kier alpha value is -0.600. The van der Waals surface area contributed by atoms with Crippen LogP contribution in [0, 0.1) is 6.92 Å². The van der Waals surface area contributed by atoms with Crippen molar-refractivity contribution in [2.45, 2.75) is 13.3 Å². The van der Waals surface area contributed by atoms with Gasteiger partial charge in [0.15, 0.2) is 0 Å². The van der Waals surface area contributed by atoms with Gasteiger partial charge in [0.25, 0.3) is 0 Å². The molecule has 1 N–H and O–H groups in total. The van der Waals surface area contributed by atoms with Crippen molar-refractivity contribution in [1.82, 2.24) is 10.3 Å². The molecule has 3 heteroatoms. The van der Waals surface area contributed by atoms with Crippen molar-refractivity contribution in [3.8, 4) is 0 Å². The highest BCUT2D eigenvalue weighted by Gasteiger charge is 1.97. The third-order valence-electron chi connectivity index (χ3n) is 1.75. The molecule has 66 valence electrons. The first-order valence-corrected chi connectivity index (χ1v) is 4.37. The lowest BCUT2D eigenvalue weighted by Crippen LogP contribution is -2.10. The first-order valence-electron chi connectivity index (χ1n) is 3.99. The Morgan fingerprint density at radius 2 is 2.33 bits per heavy atom. The fraction of sp³-hybridized carbons (Fsp3) is 0.444. The predicted molar refractivity (Wildman–Crippen MR) is 51.6 cm³/mol. The molecule has 0 bridgehead atoms. The van der Waals surface area contributed by atoms with Gasteiger partial charge in [-0.25, -0.2) is 0 Å². The summed E-state index contributed by atoms with van der Waals surface area (Å²) in [6.45, 7) is 2.87. The van der Waals surface area contributed by atoms with Crippen molar-refractivity contribution in [2.75, 3.05) is 13.6 Å². The van der Waals surface area contributed by atoms with E-state index in [-0.39, 0.29) is 0 Å². The Labute approximate surface area is 78.0 Å². The van der Waals surface area contributed by atoms with Crippen molar-refractivity contribution < 1.29 is 0 Å². The standard InChI is InChI=1S/C9H13ClN2/c1-7-9(10)5-8(6-12-7)3-4-11-2/h5-6,11H,3-4H2,1-2H3. The van der Waals surface area contributed by atoms with E-state index in [1.807, 2.05) is 26.2 Å². The zero-order chi connectivity index (χ0) is 8.97. The predicted octanol–water partition coefficient (Wildman–Crippen LogP) is 1.81. The summed E-state index contributed by atoms with van der Waals surface area (Å²) >= 11 is 5.91. The summed E-state index contributed by atoms with van der Waals surface area (Å²) in [4.78, 5) is 4.17. The van der Waals surface area contributed by atoms with Gasteiger partial charge in [-0.3, -0.25) is 4.98 Å². The van der Waals surface area contributed by atoms with E-state index >= 15 is 0 Å². The third kappa shape index (κ3) is 2.47. The lowest BCUT2D eigenvalue weighted by molar-refractivity contribution is 0.788. The summed E-state index contributed by atoms with van der Waals surface area (Å²) in [5.74, 6) is 0. The van der Waals surface area contributed by atoms with Crippen LogP contribution in [0.15, 0.2) is 12.3 Å². The van der Waals surface area contributed by atoms with E-state index in [0.29, 0.717) is 0 Å². The van der Waals surface area contributed by atoms with E-state index in [1.165, 1.54) is 5.56 Å². The number of rotatable bonds is 3. The lowest BCUT2D eigenvalue weighted by Gasteiger charge is -2.02. The van der Waals surface area contributed by atoms with Gasteiger partial charge in [-0.1, -0.05) is 11.6 Å². The van der Waals surface area contributed by atoms with Gasteiger partial charge in [-0.2, -0.15) is 0 Å². The van der Waals surface area contributed by atoms with Crippen LogP contribution in [-0.4, -0.2) is 18.6 Å². The van der Waals surface area contributed by atoms with Crippen LogP contribution >= 0.6 is 11.6 Å². The summed E-state index contributed by atoms with van der Waals surface area (Å²) in [5.41, 5.74) is 2.07. The zero-order valence-corrected chi connectivity index (χ0v) is 8.15. The normalized spacial score (nSPS) is 10.2. The Balaban J connectivity index is 2.69. The average Bonchev–Trinajstić information content (AvgIpc) is 2.07. The Morgan fingerprint density at radius 1 is 1.58 bits per heavy atom. The van der Waals surface area contributed by atoms with Crippen LogP contribution in [0.5, 0.6) is 0 Å². The van der Waals surface area contributed by atoms with Gasteiger partial charge in [-0.15, -0.1) is 0 Å². The Bertz CT molecular complexity index is 261. The van der Waals surface area contributed by atoms with E-state index in [0.717, 1.165) is 23.7 Å². The number of hydrogen-bond donors (Lipinski definition) is 1. The van der Waals surface area contributed by atoms with E-state index in [2.05, 4.69) is 10.3 Å². The highest BCUT2D eigenvalue weighted by molar-refractivity contribution is 6.31. The quantitative estimate of drug-likeness (QED) is 0.775. The van der Waals surface area contributed by atoms with Crippen LogP contribution in [0.25, 0.3) is 0 Å². The van der Waals surface area contributed by atoms with Crippen LogP contribution in [0.3, 0.4) is 0 Å². The number of nitrogens with one attached hydrogen (secondary N) is 1. The minimum Gasteiger partial charge on any atom is -0.319 e. The SMILES string of the molecule is CNCCc1cnc(C)c(Cl)c1. The number of aromatic nitrogens is 1. The molecule has 0 spiro atoms. The molecular weight excluding hydrogens is 172 g/mol. The first kappa shape index (κ1) is 9.49. The maximum absolute atomic E-state index is 5.91. The van der Waals surface area contributed by atoms with Gasteiger partial charge in [0.2, 0.25) is 0 Å². The van der Waals surface area contributed by atoms with Crippen molar-refractivity contribution in [2.24, 2.45) is 0 Å². The number of aryl methyl sites for hydroxylation is 1. The molecule has 0 aromatic carbocycles. The molecule has 1 heterocycles. The average molecular weight is 185 g/mol. The van der Waals surface area contributed by atoms with E-state index in [1.54, 1.807) is 0 Å². The number of halogens is 1. The van der Waals surface area contributed by atoms with Crippen molar-refractivity contribution in [1.29, 1.82) is 0 Å². The number of likely N-dealkylation sites (N-methyl/N-ethyl adjacent to an activating group) is 1. The van der Waals surface area contributed by atoms with Crippen molar-refractivity contribution in [3.05, 3.63) is 28.5 Å². The van der Waals surface area contributed by atoms with E-state index < -0.39 is 0 Å². The van der Waals surface area contributed by atoms with Gasteiger partial charge < -0.3 is 5.32 Å². The molecular formula is C9H13ClN2. The van der Waals surface area contributed by atoms with Crippen LogP contribution in [0.2, 0.25) is 5.02 Å². The summed E-state index contributed by atoms with van der Waals surface area (Å²) in [6.07, 6.45) is 2.85. The topological polar surface area (TPSA) is 24.9 Å². The molecule has 0 amide bonds. The number of nitrogens with zero attached hydrogens (tertiary/aromatic N) is 1. The summed E-state index contributed by atoms with van der Waals surface area (Å²) in [5, 5.41) is 3.83. The molecule has 0 aliphatic heterocycles. The van der Waals surface area contributed by atoms with Crippen LogP contribution in [0.4, 0.5) is 0 Å². The molecule has 0 saturated heterocycles. The molecule has 0 unspecified atom stereocenters. The third-order valence-corrected chi connectivity index (χ3v) is 2.13. The largest absolute Gasteiger partial charge is 0.319 e. The summed E-state index contributed by atoms with van der Waals surface area (Å²) in [7, 11) is 1.93. The van der Waals surface area contributed by atoms with Crippen molar-refractivity contribution in [3.63, 3.8) is 0 Å². The molecule has 0 aliphatic rings. The van der Waals surface area contributed by atoms with Crippen molar-refractivity contribution >= 4 is 11.6 Å². The summed E-state index contributed by atoms with van der Waals surface area (Å²) in [6, 6.07) is 1.97. The molecule has 1 aromatic rings. The fourth-order valence-corrected chi connectivity index (χ4v) is 1.14. The van der Waals surface area contributed by atoms with Crippen LogP contribution < -0.4 is 5.32 Å². The van der Waals surface area contributed by atoms with Crippen LogP contribution in [-0.2, 0) is 6.42 Å². The van der Waals surface area contributed by atoms with Gasteiger partial charge >= 0.3 is 0 Å². The molecule has 0 fully saturated rings. The molecule has 2 nitrogen and oxygen atoms in total. The minimum absolute atomic E-state index is 0.753. The molecule has 0 radical (unpaired) electrons. The Morgan fingerprint density at radius 3 is 2.92 bits per heavy atom. The molecule has 1 rings (SSSR count). The van der Waals surface area contributed by atoms with Gasteiger partial charge in [0, 0.05) is 6.20 Å². The second kappa shape index (κ2) is 4.43. The first-order chi connectivity index (χ1) is 5.74. The lowest BCUT2D eigenvalue weighted by atomic mass is 10.2. The molecule has 1 aromatic heterocycles. The minimum atomic E-state index is 0.753. The summed E-state index contributed by atoms with van der Waals surface area (Å²) < 4.78 is 0. The molecule has 0 saturated carbocycles. The Kier molecular flexibility index (Phi) is 3.50. The van der Waals surface area contributed by atoms with Gasteiger partial charge in [0.05, 0.1) is 10.7 Å². The van der Waals surface area contributed by atoms with Gasteiger partial charge in [0.1, 0.15) is 0 Å². The fourth-order valence-electron chi connectivity index (χ4n) is 0.952. The highest BCUT2D eigenvalue weighted by atomic mass is 35.5. The number of hydrogen-bond acceptors (Lipinski definition) is 2. The van der Waals surface area contributed by atoms with E-state index in [4.69, 9.17) is 11.6 Å². The van der Waals surface area contributed by atoms with E-state index in [9.17, 15) is 0 Å². The molecule has 0 aliphatic carbocycles. The zero-order valence-electron chi connectivity index (χ0n) is 7.39. The second-order valence-corrected chi connectivity index (χ2v) is 3.17. The smallest absolute Gasteiger partial charge is 0.0621 e. The number of pyridine rings is 1. The monoisotopic (exact) mass is 184 g/mol.